The summed E-state index contributed by atoms with van der Waals surface area (Å²) in [5, 5.41) is 6.63. The van der Waals surface area contributed by atoms with E-state index in [-0.39, 0.29) is 5.54 Å². The topological polar surface area (TPSA) is 34.2 Å². The molecule has 0 bridgehead atoms. The molecule has 1 aromatic rings. The summed E-state index contributed by atoms with van der Waals surface area (Å²) in [7, 11) is 0. The average Bonchev–Trinajstić information content (AvgIpc) is 2.72. The van der Waals surface area contributed by atoms with Crippen LogP contribution in [0.25, 0.3) is 0 Å². The molecule has 1 aliphatic heterocycles. The molecular formula is C9H14N2OS. The second kappa shape index (κ2) is 3.74. The maximum Gasteiger partial charge on any atom is 0.106 e. The van der Waals surface area contributed by atoms with Gasteiger partial charge in [0, 0.05) is 30.3 Å². The third kappa shape index (κ3) is 2.27. The molecule has 13 heavy (non-hydrogen) atoms. The van der Waals surface area contributed by atoms with E-state index in [0.29, 0.717) is 0 Å². The number of hydrogen-bond donors (Lipinski definition) is 1. The Balaban J connectivity index is 1.85. The van der Waals surface area contributed by atoms with Gasteiger partial charge < -0.3 is 10.1 Å². The van der Waals surface area contributed by atoms with Crippen molar-refractivity contribution in [2.24, 2.45) is 0 Å². The van der Waals surface area contributed by atoms with Gasteiger partial charge in [0.2, 0.25) is 0 Å². The van der Waals surface area contributed by atoms with Gasteiger partial charge in [0.1, 0.15) is 5.01 Å². The minimum absolute atomic E-state index is 0.158. The van der Waals surface area contributed by atoms with E-state index in [1.807, 2.05) is 11.6 Å². The van der Waals surface area contributed by atoms with Crippen LogP contribution in [-0.2, 0) is 11.3 Å². The third-order valence-electron chi connectivity index (χ3n) is 2.37. The first kappa shape index (κ1) is 9.12. The Labute approximate surface area is 82.1 Å². The van der Waals surface area contributed by atoms with E-state index < -0.39 is 0 Å². The van der Waals surface area contributed by atoms with E-state index >= 15 is 0 Å². The van der Waals surface area contributed by atoms with Crippen molar-refractivity contribution in [3.05, 3.63) is 16.6 Å². The molecule has 1 aromatic heterocycles. The molecule has 1 aliphatic rings. The van der Waals surface area contributed by atoms with Gasteiger partial charge >= 0.3 is 0 Å². The zero-order valence-electron chi connectivity index (χ0n) is 7.75. The molecule has 1 N–H and O–H groups in total. The molecule has 1 atom stereocenters. The minimum Gasteiger partial charge on any atom is -0.379 e. The van der Waals surface area contributed by atoms with Crippen molar-refractivity contribution in [3.63, 3.8) is 0 Å². The molecule has 1 saturated heterocycles. The molecule has 1 fully saturated rings. The Hall–Kier alpha value is -0.450. The first-order chi connectivity index (χ1) is 6.29. The molecule has 72 valence electrons. The van der Waals surface area contributed by atoms with Crippen LogP contribution in [0, 0.1) is 0 Å². The monoisotopic (exact) mass is 198 g/mol. The van der Waals surface area contributed by atoms with E-state index in [2.05, 4.69) is 17.2 Å². The second-order valence-corrected chi connectivity index (χ2v) is 4.62. The van der Waals surface area contributed by atoms with E-state index in [1.165, 1.54) is 0 Å². The summed E-state index contributed by atoms with van der Waals surface area (Å²) >= 11 is 1.69. The van der Waals surface area contributed by atoms with Crippen molar-refractivity contribution < 1.29 is 4.74 Å². The van der Waals surface area contributed by atoms with Crippen molar-refractivity contribution in [1.82, 2.24) is 10.3 Å². The van der Waals surface area contributed by atoms with Crippen LogP contribution < -0.4 is 5.32 Å². The van der Waals surface area contributed by atoms with Gasteiger partial charge in [-0.25, -0.2) is 4.98 Å². The SMILES string of the molecule is CC1(NCc2nccs2)CCOC1. The Morgan fingerprint density at radius 1 is 1.77 bits per heavy atom. The van der Waals surface area contributed by atoms with Crippen molar-refractivity contribution in [2.45, 2.75) is 25.4 Å². The number of nitrogens with one attached hydrogen (secondary N) is 1. The number of nitrogens with zero attached hydrogens (tertiary/aromatic N) is 1. The van der Waals surface area contributed by atoms with Crippen LogP contribution in [0.3, 0.4) is 0 Å². The highest BCUT2D eigenvalue weighted by Gasteiger charge is 2.28. The molecule has 0 aliphatic carbocycles. The largest absolute Gasteiger partial charge is 0.379 e. The summed E-state index contributed by atoms with van der Waals surface area (Å²) in [5.41, 5.74) is 0.158. The Morgan fingerprint density at radius 2 is 2.69 bits per heavy atom. The van der Waals surface area contributed by atoms with Crippen molar-refractivity contribution in [3.8, 4) is 0 Å². The Bertz CT molecular complexity index is 255. The predicted molar refractivity (Wildman–Crippen MR) is 52.8 cm³/mol. The quantitative estimate of drug-likeness (QED) is 0.797. The standard InChI is InChI=1S/C9H14N2OS/c1-9(2-4-12-7-9)11-6-8-10-3-5-13-8/h3,5,11H,2,4,6-7H2,1H3. The number of hydrogen-bond acceptors (Lipinski definition) is 4. The number of thiazole rings is 1. The molecule has 0 spiro atoms. The fourth-order valence-corrected chi connectivity index (χ4v) is 1.99. The summed E-state index contributed by atoms with van der Waals surface area (Å²) in [6.45, 7) is 4.75. The molecule has 4 heteroatoms. The highest BCUT2D eigenvalue weighted by Crippen LogP contribution is 2.18. The van der Waals surface area contributed by atoms with Crippen LogP contribution in [0.5, 0.6) is 0 Å². The lowest BCUT2D eigenvalue weighted by Crippen LogP contribution is -2.42. The van der Waals surface area contributed by atoms with Crippen LogP contribution in [0.15, 0.2) is 11.6 Å². The molecule has 2 rings (SSSR count). The maximum absolute atomic E-state index is 5.35. The average molecular weight is 198 g/mol. The van der Waals surface area contributed by atoms with Crippen molar-refractivity contribution in [2.75, 3.05) is 13.2 Å². The first-order valence-electron chi connectivity index (χ1n) is 4.50. The lowest BCUT2D eigenvalue weighted by atomic mass is 10.0. The predicted octanol–water partition coefficient (Wildman–Crippen LogP) is 1.41. The van der Waals surface area contributed by atoms with Crippen LogP contribution in [-0.4, -0.2) is 23.7 Å². The minimum atomic E-state index is 0.158. The highest BCUT2D eigenvalue weighted by atomic mass is 32.1. The first-order valence-corrected chi connectivity index (χ1v) is 5.38. The highest BCUT2D eigenvalue weighted by molar-refractivity contribution is 7.09. The molecule has 0 saturated carbocycles. The maximum atomic E-state index is 5.35. The van der Waals surface area contributed by atoms with Crippen LogP contribution >= 0.6 is 11.3 Å². The van der Waals surface area contributed by atoms with Gasteiger partial charge in [0.25, 0.3) is 0 Å². The van der Waals surface area contributed by atoms with Crippen molar-refractivity contribution >= 4 is 11.3 Å². The van der Waals surface area contributed by atoms with Gasteiger partial charge in [0.15, 0.2) is 0 Å². The Kier molecular flexibility index (Phi) is 2.62. The molecular weight excluding hydrogens is 184 g/mol. The van der Waals surface area contributed by atoms with Gasteiger partial charge in [-0.1, -0.05) is 0 Å². The van der Waals surface area contributed by atoms with Gasteiger partial charge in [0.05, 0.1) is 6.61 Å². The fraction of sp³-hybridized carbons (Fsp3) is 0.667. The van der Waals surface area contributed by atoms with Crippen LogP contribution in [0.1, 0.15) is 18.4 Å². The summed E-state index contributed by atoms with van der Waals surface area (Å²) in [6, 6.07) is 0. The van der Waals surface area contributed by atoms with E-state index in [4.69, 9.17) is 4.74 Å². The van der Waals surface area contributed by atoms with E-state index in [0.717, 1.165) is 31.2 Å². The zero-order valence-corrected chi connectivity index (χ0v) is 8.56. The van der Waals surface area contributed by atoms with E-state index in [1.54, 1.807) is 11.3 Å². The fourth-order valence-electron chi connectivity index (χ4n) is 1.44. The van der Waals surface area contributed by atoms with Crippen LogP contribution in [0.2, 0.25) is 0 Å². The summed E-state index contributed by atoms with van der Waals surface area (Å²) in [4.78, 5) is 4.22. The summed E-state index contributed by atoms with van der Waals surface area (Å²) in [5.74, 6) is 0. The van der Waals surface area contributed by atoms with Gasteiger partial charge in [-0.15, -0.1) is 11.3 Å². The second-order valence-electron chi connectivity index (χ2n) is 3.64. The Morgan fingerprint density at radius 3 is 3.31 bits per heavy atom. The smallest absolute Gasteiger partial charge is 0.106 e. The zero-order chi connectivity index (χ0) is 9.15. The lowest BCUT2D eigenvalue weighted by Gasteiger charge is -2.22. The van der Waals surface area contributed by atoms with Gasteiger partial charge in [-0.05, 0) is 13.3 Å². The van der Waals surface area contributed by atoms with E-state index in [9.17, 15) is 0 Å². The van der Waals surface area contributed by atoms with Crippen LogP contribution in [0.4, 0.5) is 0 Å². The lowest BCUT2D eigenvalue weighted by molar-refractivity contribution is 0.171. The third-order valence-corrected chi connectivity index (χ3v) is 3.15. The van der Waals surface area contributed by atoms with Crippen molar-refractivity contribution in [1.29, 1.82) is 0 Å². The summed E-state index contributed by atoms with van der Waals surface area (Å²) in [6.07, 6.45) is 2.94. The molecule has 0 amide bonds. The number of aromatic nitrogens is 1. The molecule has 0 aromatic carbocycles. The molecule has 2 heterocycles. The van der Waals surface area contributed by atoms with Gasteiger partial charge in [-0.3, -0.25) is 0 Å². The number of ether oxygens (including phenoxy) is 1. The molecule has 0 radical (unpaired) electrons. The number of rotatable bonds is 3. The molecule has 3 nitrogen and oxygen atoms in total. The van der Waals surface area contributed by atoms with Gasteiger partial charge in [-0.2, -0.15) is 0 Å². The summed E-state index contributed by atoms with van der Waals surface area (Å²) < 4.78 is 5.35. The molecule has 1 unspecified atom stereocenters. The normalized spacial score (nSPS) is 28.1.